The summed E-state index contributed by atoms with van der Waals surface area (Å²) in [7, 11) is 0. The molecule has 1 aromatic heterocycles. The number of rotatable bonds is 5. The number of nitrogens with zero attached hydrogens (tertiary/aromatic N) is 3. The molecule has 3 aromatic rings. The van der Waals surface area contributed by atoms with Crippen LogP contribution in [0, 0.1) is 0 Å². The van der Waals surface area contributed by atoms with Gasteiger partial charge in [-0.05, 0) is 23.1 Å². The van der Waals surface area contributed by atoms with Crippen molar-refractivity contribution >= 4 is 0 Å². The Balaban J connectivity index is 1.59. The van der Waals surface area contributed by atoms with E-state index in [2.05, 4.69) is 76.6 Å². The van der Waals surface area contributed by atoms with E-state index in [1.165, 1.54) is 16.7 Å². The molecule has 25 heavy (non-hydrogen) atoms. The minimum Gasteiger partial charge on any atom is -0.338 e. The second-order valence-electron chi connectivity index (χ2n) is 6.69. The fourth-order valence-electron chi connectivity index (χ4n) is 3.64. The number of benzene rings is 2. The lowest BCUT2D eigenvalue weighted by Gasteiger charge is -2.34. The van der Waals surface area contributed by atoms with Crippen molar-refractivity contribution in [1.82, 2.24) is 15.0 Å². The highest BCUT2D eigenvalue weighted by Crippen LogP contribution is 2.33. The molecule has 0 saturated carbocycles. The van der Waals surface area contributed by atoms with Crippen LogP contribution in [-0.2, 0) is 19.5 Å². The number of aryl methyl sites for hydroxylation is 1. The Morgan fingerprint density at radius 1 is 1.08 bits per heavy atom. The molecule has 0 N–H and O–H groups in total. The van der Waals surface area contributed by atoms with Gasteiger partial charge in [-0.3, -0.25) is 4.90 Å². The first kappa shape index (κ1) is 16.0. The highest BCUT2D eigenvalue weighted by molar-refractivity contribution is 5.40. The van der Waals surface area contributed by atoms with Crippen LogP contribution in [-0.4, -0.2) is 21.6 Å². The van der Waals surface area contributed by atoms with Crippen LogP contribution in [0.3, 0.4) is 0 Å². The average Bonchev–Trinajstić information content (AvgIpc) is 3.09. The molecule has 0 unspecified atom stereocenters. The third kappa shape index (κ3) is 3.49. The van der Waals surface area contributed by atoms with Crippen LogP contribution in [0.4, 0.5) is 0 Å². The van der Waals surface area contributed by atoms with Gasteiger partial charge in [0.15, 0.2) is 5.82 Å². The summed E-state index contributed by atoms with van der Waals surface area (Å²) in [6.45, 7) is 4.72. The van der Waals surface area contributed by atoms with E-state index in [1.54, 1.807) is 0 Å². The van der Waals surface area contributed by atoms with Crippen molar-refractivity contribution in [2.45, 2.75) is 38.8 Å². The SMILES string of the molecule is CCCc1noc(CN2Cc3ccccc3[C@H](c3ccccc3)C2)n1. The van der Waals surface area contributed by atoms with E-state index in [4.69, 9.17) is 4.52 Å². The molecule has 1 aliphatic rings. The smallest absolute Gasteiger partial charge is 0.240 e. The zero-order chi connectivity index (χ0) is 17.1. The van der Waals surface area contributed by atoms with Crippen molar-refractivity contribution in [2.24, 2.45) is 0 Å². The zero-order valence-corrected chi connectivity index (χ0v) is 14.6. The molecule has 4 heteroatoms. The molecule has 0 aliphatic carbocycles. The Bertz CT molecular complexity index is 828. The topological polar surface area (TPSA) is 42.2 Å². The molecule has 0 bridgehead atoms. The number of hydrogen-bond acceptors (Lipinski definition) is 4. The predicted octanol–water partition coefficient (Wildman–Crippen LogP) is 4.17. The molecule has 2 heterocycles. The van der Waals surface area contributed by atoms with E-state index in [9.17, 15) is 0 Å². The van der Waals surface area contributed by atoms with Crippen molar-refractivity contribution in [2.75, 3.05) is 6.54 Å². The minimum absolute atomic E-state index is 0.379. The summed E-state index contributed by atoms with van der Waals surface area (Å²) in [6.07, 6.45) is 1.91. The third-order valence-electron chi connectivity index (χ3n) is 4.81. The molecule has 4 rings (SSSR count). The molecule has 0 saturated heterocycles. The maximum absolute atomic E-state index is 5.45. The Labute approximate surface area is 148 Å². The maximum atomic E-state index is 5.45. The number of hydrogen-bond donors (Lipinski definition) is 0. The van der Waals surface area contributed by atoms with Crippen LogP contribution in [0.15, 0.2) is 59.1 Å². The van der Waals surface area contributed by atoms with Crippen LogP contribution in [0.25, 0.3) is 0 Å². The average molecular weight is 333 g/mol. The Morgan fingerprint density at radius 2 is 1.88 bits per heavy atom. The lowest BCUT2D eigenvalue weighted by atomic mass is 9.85. The largest absolute Gasteiger partial charge is 0.338 e. The lowest BCUT2D eigenvalue weighted by Crippen LogP contribution is -2.33. The van der Waals surface area contributed by atoms with Crippen LogP contribution in [0.5, 0.6) is 0 Å². The normalized spacial score (nSPS) is 17.4. The molecule has 2 aromatic carbocycles. The molecule has 0 spiro atoms. The monoisotopic (exact) mass is 333 g/mol. The van der Waals surface area contributed by atoms with Gasteiger partial charge < -0.3 is 4.52 Å². The standard InChI is InChI=1S/C21H23N3O/c1-2-8-20-22-21(25-23-20)15-24-13-17-11-6-7-12-18(17)19(14-24)16-9-4-3-5-10-16/h3-7,9-12,19H,2,8,13-15H2,1H3/t19-/m0/s1. The van der Waals surface area contributed by atoms with Gasteiger partial charge in [0, 0.05) is 25.4 Å². The van der Waals surface area contributed by atoms with Gasteiger partial charge in [-0.1, -0.05) is 66.7 Å². The first-order chi connectivity index (χ1) is 12.3. The summed E-state index contributed by atoms with van der Waals surface area (Å²) in [6, 6.07) is 19.5. The van der Waals surface area contributed by atoms with Crippen molar-refractivity contribution in [3.8, 4) is 0 Å². The molecule has 128 valence electrons. The molecule has 0 fully saturated rings. The van der Waals surface area contributed by atoms with Gasteiger partial charge in [0.1, 0.15) is 0 Å². The maximum Gasteiger partial charge on any atom is 0.240 e. The van der Waals surface area contributed by atoms with E-state index >= 15 is 0 Å². The molecule has 4 nitrogen and oxygen atoms in total. The molecular formula is C21H23N3O. The second-order valence-corrected chi connectivity index (χ2v) is 6.69. The van der Waals surface area contributed by atoms with E-state index in [1.807, 2.05) is 0 Å². The van der Waals surface area contributed by atoms with Crippen molar-refractivity contribution in [3.63, 3.8) is 0 Å². The van der Waals surface area contributed by atoms with Crippen LogP contribution >= 0.6 is 0 Å². The second kappa shape index (κ2) is 7.19. The van der Waals surface area contributed by atoms with Crippen molar-refractivity contribution in [1.29, 1.82) is 0 Å². The lowest BCUT2D eigenvalue weighted by molar-refractivity contribution is 0.200. The molecule has 1 atom stereocenters. The van der Waals surface area contributed by atoms with E-state index in [-0.39, 0.29) is 0 Å². The van der Waals surface area contributed by atoms with Gasteiger partial charge in [0.05, 0.1) is 6.54 Å². The highest BCUT2D eigenvalue weighted by Gasteiger charge is 2.27. The predicted molar refractivity (Wildman–Crippen MR) is 97.1 cm³/mol. The van der Waals surface area contributed by atoms with Crippen LogP contribution in [0.1, 0.15) is 47.7 Å². The summed E-state index contributed by atoms with van der Waals surface area (Å²) in [5.41, 5.74) is 4.18. The van der Waals surface area contributed by atoms with E-state index in [0.717, 1.165) is 37.6 Å². The van der Waals surface area contributed by atoms with Gasteiger partial charge in [0.25, 0.3) is 0 Å². The van der Waals surface area contributed by atoms with Gasteiger partial charge >= 0.3 is 0 Å². The molecule has 1 aliphatic heterocycles. The fourth-order valence-corrected chi connectivity index (χ4v) is 3.64. The quantitative estimate of drug-likeness (QED) is 0.703. The zero-order valence-electron chi connectivity index (χ0n) is 14.6. The van der Waals surface area contributed by atoms with E-state index in [0.29, 0.717) is 12.5 Å². The van der Waals surface area contributed by atoms with Crippen molar-refractivity contribution in [3.05, 3.63) is 83.0 Å². The van der Waals surface area contributed by atoms with Gasteiger partial charge in [-0.25, -0.2) is 0 Å². The first-order valence-corrected chi connectivity index (χ1v) is 9.00. The van der Waals surface area contributed by atoms with Gasteiger partial charge in [0.2, 0.25) is 5.89 Å². The van der Waals surface area contributed by atoms with Gasteiger partial charge in [-0.2, -0.15) is 4.98 Å². The summed E-state index contributed by atoms with van der Waals surface area (Å²) in [5, 5.41) is 4.08. The summed E-state index contributed by atoms with van der Waals surface area (Å²) in [5.74, 6) is 1.91. The van der Waals surface area contributed by atoms with Crippen molar-refractivity contribution < 1.29 is 4.52 Å². The summed E-state index contributed by atoms with van der Waals surface area (Å²) in [4.78, 5) is 6.93. The Hall–Kier alpha value is -2.46. The van der Waals surface area contributed by atoms with Crippen LogP contribution in [0.2, 0.25) is 0 Å². The Morgan fingerprint density at radius 3 is 2.72 bits per heavy atom. The fraction of sp³-hybridized carbons (Fsp3) is 0.333. The molecule has 0 radical (unpaired) electrons. The third-order valence-corrected chi connectivity index (χ3v) is 4.81. The summed E-state index contributed by atoms with van der Waals surface area (Å²) >= 11 is 0. The minimum atomic E-state index is 0.379. The number of fused-ring (bicyclic) bond motifs is 1. The van der Waals surface area contributed by atoms with E-state index < -0.39 is 0 Å². The van der Waals surface area contributed by atoms with Crippen LogP contribution < -0.4 is 0 Å². The first-order valence-electron chi connectivity index (χ1n) is 9.00. The highest BCUT2D eigenvalue weighted by atomic mass is 16.5. The van der Waals surface area contributed by atoms with Gasteiger partial charge in [-0.15, -0.1) is 0 Å². The molecule has 0 amide bonds. The number of aromatic nitrogens is 2. The summed E-state index contributed by atoms with van der Waals surface area (Å²) < 4.78 is 5.45. The Kier molecular flexibility index (Phi) is 4.61. The molecular weight excluding hydrogens is 310 g/mol.